The van der Waals surface area contributed by atoms with Gasteiger partial charge in [-0.25, -0.2) is 0 Å². The third-order valence-electron chi connectivity index (χ3n) is 7.06. The molecule has 0 bridgehead atoms. The minimum absolute atomic E-state index is 0.113. The lowest BCUT2D eigenvalue weighted by Crippen LogP contribution is -2.17. The molecule has 0 atom stereocenters. The number of benzene rings is 3. The van der Waals surface area contributed by atoms with Gasteiger partial charge < -0.3 is 0 Å². The molecule has 0 aliphatic heterocycles. The summed E-state index contributed by atoms with van der Waals surface area (Å²) in [5.41, 5.74) is 8.74. The molecule has 2 aliphatic carbocycles. The molecule has 0 aromatic heterocycles. The second-order valence-electron chi connectivity index (χ2n) is 9.10. The van der Waals surface area contributed by atoms with Crippen LogP contribution < -0.4 is 0 Å². The molecule has 0 nitrogen and oxygen atoms in total. The van der Waals surface area contributed by atoms with Crippen LogP contribution in [0.1, 0.15) is 91.3 Å². The molecule has 0 amide bonds. The molecule has 0 saturated heterocycles. The van der Waals surface area contributed by atoms with E-state index in [0.29, 0.717) is 0 Å². The van der Waals surface area contributed by atoms with E-state index in [1.807, 2.05) is 27.7 Å². The van der Waals surface area contributed by atoms with Crippen LogP contribution in [-0.2, 0) is 5.41 Å². The van der Waals surface area contributed by atoms with Crippen LogP contribution in [0.5, 0.6) is 0 Å². The molecule has 0 heteroatoms. The Bertz CT molecular complexity index is 1290. The first kappa shape index (κ1) is 25.8. The molecule has 0 saturated carbocycles. The topological polar surface area (TPSA) is 0 Å². The maximum atomic E-state index is 2.49. The van der Waals surface area contributed by atoms with E-state index in [9.17, 15) is 0 Å². The first-order valence-corrected chi connectivity index (χ1v) is 13.3. The molecule has 5 rings (SSSR count). The highest BCUT2D eigenvalue weighted by molar-refractivity contribution is 6.12. The van der Waals surface area contributed by atoms with Crippen LogP contribution in [0.2, 0.25) is 0 Å². The summed E-state index contributed by atoms with van der Waals surface area (Å²) in [5.74, 6) is 0. The average molecular weight is 451 g/mol. The highest BCUT2D eigenvalue weighted by atomic mass is 14.4. The van der Waals surface area contributed by atoms with Gasteiger partial charge in [-0.3, -0.25) is 0 Å². The van der Waals surface area contributed by atoms with Crippen molar-refractivity contribution >= 4 is 32.7 Å². The van der Waals surface area contributed by atoms with Gasteiger partial charge in [0.2, 0.25) is 0 Å². The number of rotatable bonds is 3. The lowest BCUT2D eigenvalue weighted by molar-refractivity contribution is 0.608. The molecule has 2 aliphatic rings. The van der Waals surface area contributed by atoms with Gasteiger partial charge in [-0.1, -0.05) is 115 Å². The van der Waals surface area contributed by atoms with E-state index in [2.05, 4.69) is 101 Å². The molecular weight excluding hydrogens is 408 g/mol. The summed E-state index contributed by atoms with van der Waals surface area (Å²) in [6, 6.07) is 16.3. The van der Waals surface area contributed by atoms with Crippen LogP contribution in [0.15, 0.2) is 78.4 Å². The zero-order valence-electron chi connectivity index (χ0n) is 22.5. The number of allylic oxidation sites excluding steroid dienone is 8. The molecule has 0 spiro atoms. The van der Waals surface area contributed by atoms with Gasteiger partial charge in [-0.2, -0.15) is 0 Å². The Labute approximate surface area is 207 Å². The van der Waals surface area contributed by atoms with Crippen molar-refractivity contribution < 1.29 is 0 Å². The van der Waals surface area contributed by atoms with E-state index in [-0.39, 0.29) is 5.41 Å². The first-order valence-electron chi connectivity index (χ1n) is 13.3. The standard InChI is InChI=1S/C30H30.2C2H6/c1-5-7-11-20(6-2)22-13-10-14-23-24(22)17-16-21-18-27-25-12-8-9-15-28(25)30(3,4)29(27)19-26(21)23;2*1-2/h6-8,10-14,16-19H,5,9,15H2,1-4H3;2*1-2H3/b11-7-,20-6+;;. The molecule has 178 valence electrons. The smallest absolute Gasteiger partial charge is 0.0121 e. The van der Waals surface area contributed by atoms with Crippen LogP contribution >= 0.6 is 0 Å². The van der Waals surface area contributed by atoms with Gasteiger partial charge in [-0.05, 0) is 87.7 Å². The first-order chi connectivity index (χ1) is 16.6. The molecule has 0 N–H and O–H groups in total. The summed E-state index contributed by atoms with van der Waals surface area (Å²) in [4.78, 5) is 0. The summed E-state index contributed by atoms with van der Waals surface area (Å²) in [6.45, 7) is 17.1. The number of hydrogen-bond acceptors (Lipinski definition) is 0. The highest BCUT2D eigenvalue weighted by Gasteiger charge is 2.37. The van der Waals surface area contributed by atoms with Crippen molar-refractivity contribution in [3.63, 3.8) is 0 Å². The number of hydrogen-bond donors (Lipinski definition) is 0. The Kier molecular flexibility index (Phi) is 8.37. The zero-order valence-corrected chi connectivity index (χ0v) is 22.5. The predicted octanol–water partition coefficient (Wildman–Crippen LogP) is 10.8. The van der Waals surface area contributed by atoms with Crippen molar-refractivity contribution in [2.24, 2.45) is 0 Å². The van der Waals surface area contributed by atoms with E-state index in [0.717, 1.165) is 6.42 Å². The third-order valence-corrected chi connectivity index (χ3v) is 7.06. The molecular formula is C34H42. The Hall–Kier alpha value is -2.86. The van der Waals surface area contributed by atoms with Crippen molar-refractivity contribution in [2.45, 2.75) is 80.1 Å². The van der Waals surface area contributed by atoms with Crippen LogP contribution in [-0.4, -0.2) is 0 Å². The summed E-state index contributed by atoms with van der Waals surface area (Å²) in [6.07, 6.45) is 14.8. The minimum Gasteiger partial charge on any atom is -0.0842 e. The molecule has 3 aromatic carbocycles. The van der Waals surface area contributed by atoms with E-state index in [1.54, 1.807) is 5.57 Å². The molecule has 3 aromatic rings. The van der Waals surface area contributed by atoms with Gasteiger partial charge in [0, 0.05) is 5.41 Å². The lowest BCUT2D eigenvalue weighted by Gasteiger charge is -2.26. The van der Waals surface area contributed by atoms with Crippen molar-refractivity contribution in [1.82, 2.24) is 0 Å². The number of fused-ring (bicyclic) bond motifs is 5. The Morgan fingerprint density at radius 3 is 2.41 bits per heavy atom. The monoisotopic (exact) mass is 450 g/mol. The van der Waals surface area contributed by atoms with Gasteiger partial charge in [0.25, 0.3) is 0 Å². The van der Waals surface area contributed by atoms with Gasteiger partial charge in [-0.15, -0.1) is 0 Å². The van der Waals surface area contributed by atoms with Crippen molar-refractivity contribution in [3.8, 4) is 0 Å². The Morgan fingerprint density at radius 1 is 0.941 bits per heavy atom. The van der Waals surface area contributed by atoms with Gasteiger partial charge >= 0.3 is 0 Å². The van der Waals surface area contributed by atoms with Gasteiger partial charge in [0.05, 0.1) is 0 Å². The second kappa shape index (κ2) is 11.0. The Balaban J connectivity index is 0.000000771. The fraction of sp³-hybridized carbons (Fsp3) is 0.353. The fourth-order valence-corrected chi connectivity index (χ4v) is 5.45. The summed E-state index contributed by atoms with van der Waals surface area (Å²) in [7, 11) is 0. The Morgan fingerprint density at radius 2 is 1.71 bits per heavy atom. The zero-order chi connectivity index (χ0) is 24.9. The van der Waals surface area contributed by atoms with Crippen LogP contribution in [0.3, 0.4) is 0 Å². The molecule has 0 radical (unpaired) electrons. The molecule has 0 heterocycles. The summed E-state index contributed by atoms with van der Waals surface area (Å²) in [5, 5.41) is 5.41. The molecule has 34 heavy (non-hydrogen) atoms. The lowest BCUT2D eigenvalue weighted by atomic mass is 9.78. The predicted molar refractivity (Wildman–Crippen MR) is 156 cm³/mol. The maximum Gasteiger partial charge on any atom is 0.0121 e. The summed E-state index contributed by atoms with van der Waals surface area (Å²) >= 11 is 0. The van der Waals surface area contributed by atoms with Crippen LogP contribution in [0, 0.1) is 0 Å². The second-order valence-corrected chi connectivity index (χ2v) is 9.10. The quantitative estimate of drug-likeness (QED) is 0.275. The average Bonchev–Trinajstić information content (AvgIpc) is 3.12. The van der Waals surface area contributed by atoms with Crippen molar-refractivity contribution in [2.75, 3.05) is 0 Å². The maximum absolute atomic E-state index is 2.49. The van der Waals surface area contributed by atoms with Crippen molar-refractivity contribution in [3.05, 3.63) is 95.1 Å². The minimum atomic E-state index is 0.113. The van der Waals surface area contributed by atoms with E-state index in [4.69, 9.17) is 0 Å². The van der Waals surface area contributed by atoms with Gasteiger partial charge in [0.15, 0.2) is 0 Å². The van der Waals surface area contributed by atoms with Crippen LogP contribution in [0.25, 0.3) is 32.7 Å². The van der Waals surface area contributed by atoms with E-state index < -0.39 is 0 Å². The van der Waals surface area contributed by atoms with E-state index in [1.165, 1.54) is 62.2 Å². The highest BCUT2D eigenvalue weighted by Crippen LogP contribution is 2.51. The van der Waals surface area contributed by atoms with Gasteiger partial charge in [0.1, 0.15) is 0 Å². The fourth-order valence-electron chi connectivity index (χ4n) is 5.45. The normalized spacial score (nSPS) is 16.2. The molecule has 0 unspecified atom stereocenters. The largest absolute Gasteiger partial charge is 0.0842 e. The van der Waals surface area contributed by atoms with E-state index >= 15 is 0 Å². The SMILES string of the molecule is C/C=C(\C=C/CC)c1cccc2c1ccc1cc3c(cc12)C(C)(C)C1=C3C=CCC1.CC.CC. The van der Waals surface area contributed by atoms with Crippen molar-refractivity contribution in [1.29, 1.82) is 0 Å². The third kappa shape index (κ3) is 4.31. The summed E-state index contributed by atoms with van der Waals surface area (Å²) < 4.78 is 0. The molecule has 0 fully saturated rings. The van der Waals surface area contributed by atoms with Crippen LogP contribution in [0.4, 0.5) is 0 Å².